The molecule has 0 spiro atoms. The Kier molecular flexibility index (Phi) is 7.30. The van der Waals surface area contributed by atoms with Crippen LogP contribution in [-0.2, 0) is 6.42 Å². The molecule has 9 nitrogen and oxygen atoms in total. The first-order valence-electron chi connectivity index (χ1n) is 11.3. The Bertz CT molecular complexity index is 1270. The fraction of sp³-hybridized carbons (Fsp3) is 0.259. The maximum Gasteiger partial charge on any atom is 0.274 e. The number of carbonyl (C=O) groups is 2. The number of hydroxylamine groups is 1. The molecular weight excluding hydrogens is 464 g/mol. The lowest BCUT2D eigenvalue weighted by Gasteiger charge is -2.38. The largest absolute Gasteiger partial charge is 0.493 e. The molecule has 0 radical (unpaired) electrons. The maximum atomic E-state index is 13.8. The molecule has 0 bridgehead atoms. The van der Waals surface area contributed by atoms with Crippen LogP contribution in [0.2, 0.25) is 0 Å². The van der Waals surface area contributed by atoms with Gasteiger partial charge in [-0.2, -0.15) is 0 Å². The zero-order valence-corrected chi connectivity index (χ0v) is 20.5. The van der Waals surface area contributed by atoms with Crippen molar-refractivity contribution in [2.45, 2.75) is 12.5 Å². The minimum Gasteiger partial charge on any atom is -0.493 e. The SMILES string of the molecule is COc1ccc(C2c3cc(OC)c(OC)cc3CCN2C(=O)c2ccc(C(=O)NO)cc2)cc1OC. The van der Waals surface area contributed by atoms with E-state index >= 15 is 0 Å². The van der Waals surface area contributed by atoms with Crippen LogP contribution < -0.4 is 24.4 Å². The van der Waals surface area contributed by atoms with Gasteiger partial charge in [-0.25, -0.2) is 5.48 Å². The van der Waals surface area contributed by atoms with Crippen molar-refractivity contribution < 1.29 is 33.7 Å². The first-order chi connectivity index (χ1) is 17.4. The van der Waals surface area contributed by atoms with E-state index in [9.17, 15) is 9.59 Å². The lowest BCUT2D eigenvalue weighted by atomic mass is 9.87. The van der Waals surface area contributed by atoms with Gasteiger partial charge >= 0.3 is 0 Å². The number of methoxy groups -OCH3 is 4. The first kappa shape index (κ1) is 24.9. The van der Waals surface area contributed by atoms with E-state index < -0.39 is 11.9 Å². The average Bonchev–Trinajstić information content (AvgIpc) is 2.94. The third kappa shape index (κ3) is 4.52. The summed E-state index contributed by atoms with van der Waals surface area (Å²) in [5.41, 5.74) is 5.05. The normalized spacial score (nSPS) is 14.5. The summed E-state index contributed by atoms with van der Waals surface area (Å²) in [6, 6.07) is 15.1. The van der Waals surface area contributed by atoms with Crippen molar-refractivity contribution in [2.75, 3.05) is 35.0 Å². The van der Waals surface area contributed by atoms with Gasteiger partial charge in [-0.3, -0.25) is 14.8 Å². The third-order valence-corrected chi connectivity index (χ3v) is 6.35. The number of carbonyl (C=O) groups excluding carboxylic acids is 2. The summed E-state index contributed by atoms with van der Waals surface area (Å²) in [7, 11) is 6.30. The molecule has 0 saturated heterocycles. The lowest BCUT2D eigenvalue weighted by molar-refractivity contribution is 0.0688. The maximum absolute atomic E-state index is 13.8. The highest BCUT2D eigenvalue weighted by Gasteiger charge is 2.34. The van der Waals surface area contributed by atoms with Gasteiger partial charge in [-0.05, 0) is 71.6 Å². The standard InChI is InChI=1S/C27H28N2O7/c1-33-21-10-9-19(14-22(21)34-2)25-20-15-24(36-4)23(35-3)13-18(20)11-12-29(25)27(31)17-7-5-16(6-8-17)26(30)28-32/h5-10,13-15,25,32H,11-12H2,1-4H3,(H,28,30). The number of ether oxygens (including phenoxy) is 4. The summed E-state index contributed by atoms with van der Waals surface area (Å²) >= 11 is 0. The molecule has 4 rings (SSSR count). The summed E-state index contributed by atoms with van der Waals surface area (Å²) in [6.45, 7) is 0.458. The Labute approximate surface area is 209 Å². The molecule has 2 N–H and O–H groups in total. The summed E-state index contributed by atoms with van der Waals surface area (Å²) in [4.78, 5) is 27.2. The summed E-state index contributed by atoms with van der Waals surface area (Å²) in [6.07, 6.45) is 0.621. The molecule has 36 heavy (non-hydrogen) atoms. The molecular formula is C27H28N2O7. The highest BCUT2D eigenvalue weighted by Crippen LogP contribution is 2.43. The molecule has 188 valence electrons. The fourth-order valence-electron chi connectivity index (χ4n) is 4.54. The van der Waals surface area contributed by atoms with Crippen molar-refractivity contribution in [1.29, 1.82) is 0 Å². The molecule has 0 fully saturated rings. The van der Waals surface area contributed by atoms with Crippen molar-refractivity contribution in [3.63, 3.8) is 0 Å². The number of rotatable bonds is 7. The van der Waals surface area contributed by atoms with E-state index in [1.807, 2.05) is 30.3 Å². The number of hydrogen-bond acceptors (Lipinski definition) is 7. The molecule has 1 atom stereocenters. The van der Waals surface area contributed by atoms with Crippen molar-refractivity contribution >= 4 is 11.8 Å². The van der Waals surface area contributed by atoms with Crippen LogP contribution in [0.5, 0.6) is 23.0 Å². The van der Waals surface area contributed by atoms with Gasteiger partial charge in [0.2, 0.25) is 0 Å². The molecule has 1 aliphatic heterocycles. The monoisotopic (exact) mass is 492 g/mol. The van der Waals surface area contributed by atoms with Gasteiger partial charge in [-0.15, -0.1) is 0 Å². The topological polar surface area (TPSA) is 107 Å². The summed E-state index contributed by atoms with van der Waals surface area (Å²) in [5.74, 6) is 1.47. The van der Waals surface area contributed by atoms with Gasteiger partial charge in [-0.1, -0.05) is 6.07 Å². The minimum atomic E-state index is -0.648. The second-order valence-corrected chi connectivity index (χ2v) is 8.19. The van der Waals surface area contributed by atoms with E-state index in [0.29, 0.717) is 41.5 Å². The van der Waals surface area contributed by atoms with E-state index in [1.54, 1.807) is 51.0 Å². The van der Waals surface area contributed by atoms with Gasteiger partial charge in [0.05, 0.1) is 34.5 Å². The number of amides is 2. The van der Waals surface area contributed by atoms with Gasteiger partial charge in [0.1, 0.15) is 0 Å². The van der Waals surface area contributed by atoms with Crippen LogP contribution in [0.15, 0.2) is 54.6 Å². The highest BCUT2D eigenvalue weighted by molar-refractivity contribution is 5.98. The van der Waals surface area contributed by atoms with E-state index in [2.05, 4.69) is 0 Å². The predicted octanol–water partition coefficient (Wildman–Crippen LogP) is 3.63. The zero-order chi connectivity index (χ0) is 25.8. The highest BCUT2D eigenvalue weighted by atomic mass is 16.5. The zero-order valence-electron chi connectivity index (χ0n) is 20.5. The van der Waals surface area contributed by atoms with Gasteiger partial charge in [0, 0.05) is 17.7 Å². The third-order valence-electron chi connectivity index (χ3n) is 6.35. The van der Waals surface area contributed by atoms with Crippen molar-refractivity contribution in [3.8, 4) is 23.0 Å². The molecule has 1 unspecified atom stereocenters. The minimum absolute atomic E-state index is 0.203. The number of hydrogen-bond donors (Lipinski definition) is 2. The number of nitrogens with one attached hydrogen (secondary N) is 1. The fourth-order valence-corrected chi connectivity index (χ4v) is 4.54. The Morgan fingerprint density at radius 3 is 2.00 bits per heavy atom. The molecule has 9 heteroatoms. The second kappa shape index (κ2) is 10.6. The van der Waals surface area contributed by atoms with Crippen LogP contribution in [0.1, 0.15) is 43.4 Å². The van der Waals surface area contributed by atoms with Crippen molar-refractivity contribution in [3.05, 3.63) is 82.4 Å². The summed E-state index contributed by atoms with van der Waals surface area (Å²) < 4.78 is 22.0. The molecule has 2 amide bonds. The van der Waals surface area contributed by atoms with Crippen LogP contribution >= 0.6 is 0 Å². The molecule has 3 aromatic carbocycles. The molecule has 0 aliphatic carbocycles. The Morgan fingerprint density at radius 1 is 0.806 bits per heavy atom. The molecule has 1 aliphatic rings. The molecule has 1 heterocycles. The van der Waals surface area contributed by atoms with E-state index in [4.69, 9.17) is 24.2 Å². The Balaban J connectivity index is 1.83. The van der Waals surface area contributed by atoms with E-state index in [-0.39, 0.29) is 11.5 Å². The van der Waals surface area contributed by atoms with Crippen LogP contribution in [0.3, 0.4) is 0 Å². The first-order valence-corrected chi connectivity index (χ1v) is 11.3. The smallest absolute Gasteiger partial charge is 0.274 e. The van der Waals surface area contributed by atoms with E-state index in [0.717, 1.165) is 16.7 Å². The predicted molar refractivity (Wildman–Crippen MR) is 131 cm³/mol. The summed E-state index contributed by atoms with van der Waals surface area (Å²) in [5, 5.41) is 8.87. The van der Waals surface area contributed by atoms with Crippen LogP contribution in [0.4, 0.5) is 0 Å². The Hall–Kier alpha value is -4.24. The van der Waals surface area contributed by atoms with Crippen LogP contribution in [-0.4, -0.2) is 56.9 Å². The van der Waals surface area contributed by atoms with Crippen molar-refractivity contribution in [2.24, 2.45) is 0 Å². The van der Waals surface area contributed by atoms with Crippen LogP contribution in [0.25, 0.3) is 0 Å². The Morgan fingerprint density at radius 2 is 1.39 bits per heavy atom. The van der Waals surface area contributed by atoms with Gasteiger partial charge in [0.15, 0.2) is 23.0 Å². The van der Waals surface area contributed by atoms with Crippen LogP contribution in [0, 0.1) is 0 Å². The second-order valence-electron chi connectivity index (χ2n) is 8.19. The van der Waals surface area contributed by atoms with Gasteiger partial charge in [0.25, 0.3) is 11.8 Å². The van der Waals surface area contributed by atoms with Gasteiger partial charge < -0.3 is 23.8 Å². The number of benzene rings is 3. The molecule has 0 aromatic heterocycles. The number of nitrogens with zero attached hydrogens (tertiary/aromatic N) is 1. The molecule has 0 saturated carbocycles. The lowest BCUT2D eigenvalue weighted by Crippen LogP contribution is -2.40. The quantitative estimate of drug-likeness (QED) is 0.383. The average molecular weight is 493 g/mol. The van der Waals surface area contributed by atoms with Crippen molar-refractivity contribution in [1.82, 2.24) is 10.4 Å². The number of fused-ring (bicyclic) bond motifs is 1. The van der Waals surface area contributed by atoms with E-state index in [1.165, 1.54) is 12.1 Å². The molecule has 3 aromatic rings.